The third-order valence-electron chi connectivity index (χ3n) is 3.24. The number of nitrogens with one attached hydrogen (secondary N) is 1. The largest absolute Gasteiger partial charge is 0.227 e. The lowest BCUT2D eigenvalue weighted by Crippen LogP contribution is -2.39. The second-order valence-corrected chi connectivity index (χ2v) is 6.78. The summed E-state index contributed by atoms with van der Waals surface area (Å²) < 4.78 is 26.0. The van der Waals surface area contributed by atoms with E-state index < -0.39 is 15.3 Å². The SMILES string of the molecule is CC1CCCC(NS(=O)(=O)C(C)C#N)CC1. The molecule has 16 heavy (non-hydrogen) atoms. The number of hydrogen-bond acceptors (Lipinski definition) is 3. The maximum atomic E-state index is 11.7. The van der Waals surface area contributed by atoms with Gasteiger partial charge in [0, 0.05) is 6.04 Å². The molecule has 1 saturated carbocycles. The highest BCUT2D eigenvalue weighted by molar-refractivity contribution is 7.90. The molecule has 92 valence electrons. The van der Waals surface area contributed by atoms with Gasteiger partial charge in [0.15, 0.2) is 5.25 Å². The van der Waals surface area contributed by atoms with Crippen LogP contribution < -0.4 is 4.72 Å². The van der Waals surface area contributed by atoms with Gasteiger partial charge in [-0.3, -0.25) is 0 Å². The van der Waals surface area contributed by atoms with Crippen molar-refractivity contribution in [3.05, 3.63) is 0 Å². The molecule has 1 aliphatic rings. The van der Waals surface area contributed by atoms with Gasteiger partial charge in [0.2, 0.25) is 10.0 Å². The van der Waals surface area contributed by atoms with Crippen LogP contribution in [0.2, 0.25) is 0 Å². The number of sulfonamides is 1. The Bertz CT molecular complexity index is 359. The number of rotatable bonds is 3. The molecule has 3 atom stereocenters. The molecule has 0 heterocycles. The summed E-state index contributed by atoms with van der Waals surface area (Å²) in [6.45, 7) is 3.62. The molecule has 0 spiro atoms. The summed E-state index contributed by atoms with van der Waals surface area (Å²) in [6, 6.07) is 1.79. The highest BCUT2D eigenvalue weighted by atomic mass is 32.2. The Morgan fingerprint density at radius 3 is 2.62 bits per heavy atom. The molecular weight excluding hydrogens is 224 g/mol. The molecule has 1 aliphatic carbocycles. The average molecular weight is 244 g/mol. The van der Waals surface area contributed by atoms with E-state index in [9.17, 15) is 8.42 Å². The van der Waals surface area contributed by atoms with Crippen molar-refractivity contribution < 1.29 is 8.42 Å². The second kappa shape index (κ2) is 5.65. The van der Waals surface area contributed by atoms with Gasteiger partial charge in [-0.1, -0.05) is 19.8 Å². The fourth-order valence-corrected chi connectivity index (χ4v) is 3.05. The quantitative estimate of drug-likeness (QED) is 0.769. The third-order valence-corrected chi connectivity index (χ3v) is 4.93. The van der Waals surface area contributed by atoms with Gasteiger partial charge in [-0.25, -0.2) is 13.1 Å². The first kappa shape index (κ1) is 13.5. The van der Waals surface area contributed by atoms with Crippen LogP contribution in [0, 0.1) is 17.2 Å². The highest BCUT2D eigenvalue weighted by Gasteiger charge is 2.25. The average Bonchev–Trinajstić information content (AvgIpc) is 2.42. The van der Waals surface area contributed by atoms with Gasteiger partial charge < -0.3 is 0 Å². The first-order chi connectivity index (χ1) is 7.45. The number of hydrogen-bond donors (Lipinski definition) is 1. The van der Waals surface area contributed by atoms with Crippen LogP contribution in [0.15, 0.2) is 0 Å². The minimum absolute atomic E-state index is 0.0192. The van der Waals surface area contributed by atoms with Crippen LogP contribution in [0.4, 0.5) is 0 Å². The molecule has 0 radical (unpaired) electrons. The first-order valence-corrected chi connectivity index (χ1v) is 7.41. The van der Waals surface area contributed by atoms with E-state index >= 15 is 0 Å². The van der Waals surface area contributed by atoms with Gasteiger partial charge in [-0.05, 0) is 32.1 Å². The van der Waals surface area contributed by atoms with Crippen molar-refractivity contribution in [2.24, 2.45) is 5.92 Å². The van der Waals surface area contributed by atoms with Gasteiger partial charge in [0.05, 0.1) is 6.07 Å². The summed E-state index contributed by atoms with van der Waals surface area (Å²) in [5, 5.41) is 7.66. The summed E-state index contributed by atoms with van der Waals surface area (Å²) in [6.07, 6.45) is 5.08. The van der Waals surface area contributed by atoms with E-state index in [-0.39, 0.29) is 6.04 Å². The van der Waals surface area contributed by atoms with E-state index in [1.165, 1.54) is 13.3 Å². The lowest BCUT2D eigenvalue weighted by Gasteiger charge is -2.17. The zero-order valence-corrected chi connectivity index (χ0v) is 10.8. The van der Waals surface area contributed by atoms with E-state index in [1.54, 1.807) is 6.07 Å². The Morgan fingerprint density at radius 1 is 1.31 bits per heavy atom. The predicted molar refractivity (Wildman–Crippen MR) is 63.2 cm³/mol. The van der Waals surface area contributed by atoms with Gasteiger partial charge in [-0.2, -0.15) is 5.26 Å². The minimum Gasteiger partial charge on any atom is -0.211 e. The summed E-state index contributed by atoms with van der Waals surface area (Å²) in [5.74, 6) is 0.683. The lowest BCUT2D eigenvalue weighted by atomic mass is 10.0. The molecule has 1 N–H and O–H groups in total. The number of nitrogens with zero attached hydrogens (tertiary/aromatic N) is 1. The molecule has 1 rings (SSSR count). The highest BCUT2D eigenvalue weighted by Crippen LogP contribution is 2.23. The lowest BCUT2D eigenvalue weighted by molar-refractivity contribution is 0.483. The zero-order valence-electron chi connectivity index (χ0n) is 9.94. The van der Waals surface area contributed by atoms with Crippen molar-refractivity contribution in [2.45, 2.75) is 57.2 Å². The van der Waals surface area contributed by atoms with Crippen LogP contribution in [0.25, 0.3) is 0 Å². The Kier molecular flexibility index (Phi) is 4.75. The van der Waals surface area contributed by atoms with Crippen LogP contribution in [-0.4, -0.2) is 19.7 Å². The van der Waals surface area contributed by atoms with Gasteiger partial charge in [0.25, 0.3) is 0 Å². The topological polar surface area (TPSA) is 70.0 Å². The monoisotopic (exact) mass is 244 g/mol. The fraction of sp³-hybridized carbons (Fsp3) is 0.909. The van der Waals surface area contributed by atoms with Crippen molar-refractivity contribution in [3.63, 3.8) is 0 Å². The second-order valence-electron chi connectivity index (χ2n) is 4.74. The molecule has 0 bridgehead atoms. The zero-order chi connectivity index (χ0) is 12.2. The molecule has 3 unspecified atom stereocenters. The van der Waals surface area contributed by atoms with E-state index in [0.29, 0.717) is 5.92 Å². The van der Waals surface area contributed by atoms with E-state index in [1.807, 2.05) is 0 Å². The van der Waals surface area contributed by atoms with Gasteiger partial charge in [0.1, 0.15) is 0 Å². The van der Waals surface area contributed by atoms with Gasteiger partial charge >= 0.3 is 0 Å². The van der Waals surface area contributed by atoms with Crippen LogP contribution in [-0.2, 0) is 10.0 Å². The van der Waals surface area contributed by atoms with Crippen molar-refractivity contribution in [3.8, 4) is 6.07 Å². The maximum Gasteiger partial charge on any atom is 0.227 e. The molecule has 0 aromatic rings. The fourth-order valence-electron chi connectivity index (χ4n) is 2.01. The van der Waals surface area contributed by atoms with E-state index in [4.69, 9.17) is 5.26 Å². The minimum atomic E-state index is -3.45. The van der Waals surface area contributed by atoms with Crippen LogP contribution >= 0.6 is 0 Å². The molecule has 0 saturated heterocycles. The van der Waals surface area contributed by atoms with Crippen LogP contribution in [0.1, 0.15) is 46.0 Å². The third kappa shape index (κ3) is 3.76. The summed E-state index contributed by atoms with van der Waals surface area (Å²) in [5.41, 5.74) is 0. The van der Waals surface area contributed by atoms with E-state index in [2.05, 4.69) is 11.6 Å². The molecule has 0 aliphatic heterocycles. The Hall–Kier alpha value is -0.600. The van der Waals surface area contributed by atoms with Crippen LogP contribution in [0.3, 0.4) is 0 Å². The summed E-state index contributed by atoms with van der Waals surface area (Å²) >= 11 is 0. The molecular formula is C11H20N2O2S. The van der Waals surface area contributed by atoms with Crippen molar-refractivity contribution in [1.29, 1.82) is 5.26 Å². The Balaban J connectivity index is 2.57. The van der Waals surface area contributed by atoms with Gasteiger partial charge in [-0.15, -0.1) is 0 Å². The maximum absolute atomic E-state index is 11.7. The summed E-state index contributed by atoms with van der Waals surface area (Å²) in [7, 11) is -3.45. The normalized spacial score (nSPS) is 29.1. The van der Waals surface area contributed by atoms with E-state index in [0.717, 1.165) is 25.7 Å². The Labute approximate surface area is 98.1 Å². The molecule has 0 aromatic carbocycles. The molecule has 5 heteroatoms. The Morgan fingerprint density at radius 2 is 2.00 bits per heavy atom. The predicted octanol–water partition coefficient (Wildman–Crippen LogP) is 1.79. The van der Waals surface area contributed by atoms with Crippen molar-refractivity contribution >= 4 is 10.0 Å². The molecule has 4 nitrogen and oxygen atoms in total. The smallest absolute Gasteiger partial charge is 0.211 e. The molecule has 1 fully saturated rings. The molecule has 0 aromatic heterocycles. The molecule has 0 amide bonds. The first-order valence-electron chi connectivity index (χ1n) is 5.86. The summed E-state index contributed by atoms with van der Waals surface area (Å²) in [4.78, 5) is 0. The van der Waals surface area contributed by atoms with Crippen molar-refractivity contribution in [2.75, 3.05) is 0 Å². The van der Waals surface area contributed by atoms with Crippen molar-refractivity contribution in [1.82, 2.24) is 4.72 Å². The number of nitriles is 1. The van der Waals surface area contributed by atoms with Crippen LogP contribution in [0.5, 0.6) is 0 Å². The standard InChI is InChI=1S/C11H20N2O2S/c1-9-4-3-5-11(7-6-9)13-16(14,15)10(2)8-12/h9-11,13H,3-7H2,1-2H3.